The summed E-state index contributed by atoms with van der Waals surface area (Å²) in [5.41, 5.74) is 15.9. The van der Waals surface area contributed by atoms with Gasteiger partial charge in [0.2, 0.25) is 11.8 Å². The topological polar surface area (TPSA) is 124 Å². The Morgan fingerprint density at radius 3 is 1.90 bits per heavy atom. The maximum absolute atomic E-state index is 11.1. The lowest BCUT2D eigenvalue weighted by Gasteiger charge is -2.11. The summed E-state index contributed by atoms with van der Waals surface area (Å²) in [6.45, 7) is 0. The Balaban J connectivity index is 2.47. The highest BCUT2D eigenvalue weighted by Gasteiger charge is 2.13. The van der Waals surface area contributed by atoms with Gasteiger partial charge >= 0.3 is 0 Å². The predicted octanol–water partition coefficient (Wildman–Crippen LogP) is -0.243. The second-order valence-electron chi connectivity index (χ2n) is 4.35. The van der Waals surface area contributed by atoms with Crippen molar-refractivity contribution in [3.8, 4) is 0 Å². The molecule has 0 heterocycles. The number of amides is 2. The Labute approximate surface area is 132 Å². The van der Waals surface area contributed by atoms with Gasteiger partial charge in [-0.05, 0) is 31.3 Å². The maximum atomic E-state index is 11.1. The van der Waals surface area contributed by atoms with Crippen molar-refractivity contribution in [2.75, 3.05) is 18.6 Å². The van der Waals surface area contributed by atoms with E-state index in [-0.39, 0.29) is 11.9 Å². The van der Waals surface area contributed by atoms with Gasteiger partial charge in [0.05, 0.1) is 12.1 Å². The summed E-state index contributed by atoms with van der Waals surface area (Å²) in [4.78, 5) is 24.0. The molecule has 1 aromatic rings. The predicted molar refractivity (Wildman–Crippen MR) is 87.1 cm³/mol. The fraction of sp³-hybridized carbons (Fsp3) is 0.385. The van der Waals surface area contributed by atoms with Crippen molar-refractivity contribution >= 4 is 35.3 Å². The van der Waals surface area contributed by atoms with Crippen LogP contribution in [0.5, 0.6) is 0 Å². The molecule has 0 fully saturated rings. The van der Waals surface area contributed by atoms with E-state index in [4.69, 9.17) is 17.2 Å². The quantitative estimate of drug-likeness (QED) is 0.464. The number of hydrogen-bond donors (Lipinski definition) is 4. The molecule has 0 saturated carbocycles. The monoisotopic (exact) mass is 328 g/mol. The third-order valence-corrected chi connectivity index (χ3v) is 4.96. The number of rotatable bonds is 9. The Kier molecular flexibility index (Phi) is 7.58. The number of hydrogen-bond acceptors (Lipinski definition) is 6. The Hall–Kier alpha value is -1.22. The van der Waals surface area contributed by atoms with Crippen LogP contribution >= 0.6 is 23.5 Å². The van der Waals surface area contributed by atoms with Crippen LogP contribution in [-0.4, -0.2) is 42.5 Å². The molecule has 0 aliphatic carbocycles. The van der Waals surface area contributed by atoms with Crippen LogP contribution in [-0.2, 0) is 9.59 Å². The van der Waals surface area contributed by atoms with Crippen molar-refractivity contribution in [3.63, 3.8) is 0 Å². The van der Waals surface area contributed by atoms with E-state index < -0.39 is 11.9 Å². The summed E-state index contributed by atoms with van der Waals surface area (Å²) in [7, 11) is 1.71. The van der Waals surface area contributed by atoms with Gasteiger partial charge in [-0.3, -0.25) is 9.59 Å². The van der Waals surface area contributed by atoms with Crippen LogP contribution in [0.25, 0.3) is 0 Å². The van der Waals surface area contributed by atoms with Gasteiger partial charge in [-0.2, -0.15) is 0 Å². The molecular weight excluding hydrogens is 308 g/mol. The molecule has 2 atom stereocenters. The zero-order valence-electron chi connectivity index (χ0n) is 11.7. The van der Waals surface area contributed by atoms with E-state index in [1.165, 1.54) is 11.8 Å². The zero-order valence-corrected chi connectivity index (χ0v) is 13.4. The van der Waals surface area contributed by atoms with Crippen molar-refractivity contribution in [3.05, 3.63) is 24.3 Å². The molecule has 0 bridgehead atoms. The molecule has 1 rings (SSSR count). The molecule has 0 spiro atoms. The SMILES string of the molecule is CNC(CSc1ccc(SCC(N)C(N)=O)cc1)C(N)=O. The molecule has 8 heteroatoms. The van der Waals surface area contributed by atoms with Crippen LogP contribution in [0.15, 0.2) is 34.1 Å². The van der Waals surface area contributed by atoms with Crippen LogP contribution in [0.4, 0.5) is 0 Å². The van der Waals surface area contributed by atoms with Crippen molar-refractivity contribution in [1.82, 2.24) is 5.32 Å². The van der Waals surface area contributed by atoms with E-state index in [9.17, 15) is 9.59 Å². The van der Waals surface area contributed by atoms with Gasteiger partial charge in [0.25, 0.3) is 0 Å². The number of carbonyl (C=O) groups is 2. The van der Waals surface area contributed by atoms with Gasteiger partial charge in [-0.15, -0.1) is 23.5 Å². The average Bonchev–Trinajstić information content (AvgIpc) is 2.46. The van der Waals surface area contributed by atoms with Crippen molar-refractivity contribution in [1.29, 1.82) is 0 Å². The second-order valence-corrected chi connectivity index (χ2v) is 6.53. The molecule has 1 aromatic carbocycles. The first-order valence-electron chi connectivity index (χ1n) is 6.31. The average molecular weight is 328 g/mol. The Bertz CT molecular complexity index is 482. The molecule has 2 unspecified atom stereocenters. The molecule has 0 aliphatic heterocycles. The zero-order chi connectivity index (χ0) is 15.8. The molecule has 0 saturated heterocycles. The summed E-state index contributed by atoms with van der Waals surface area (Å²) in [5.74, 6) is 0.160. The molecule has 116 valence electrons. The van der Waals surface area contributed by atoms with Crippen molar-refractivity contribution < 1.29 is 9.59 Å². The van der Waals surface area contributed by atoms with Crippen LogP contribution in [0.3, 0.4) is 0 Å². The normalized spacial score (nSPS) is 13.6. The largest absolute Gasteiger partial charge is 0.368 e. The third-order valence-electron chi connectivity index (χ3n) is 2.73. The standard InChI is InChI=1S/C13H20N4O2S2/c1-17-11(13(16)19)7-21-9-4-2-8(3-5-9)20-6-10(14)12(15)18/h2-5,10-11,17H,6-7,14H2,1H3,(H2,15,18)(H2,16,19). The molecule has 0 radical (unpaired) electrons. The lowest BCUT2D eigenvalue weighted by Crippen LogP contribution is -2.41. The van der Waals surface area contributed by atoms with E-state index in [1.54, 1.807) is 18.8 Å². The first-order chi connectivity index (χ1) is 9.93. The lowest BCUT2D eigenvalue weighted by atomic mass is 10.3. The smallest absolute Gasteiger partial charge is 0.235 e. The summed E-state index contributed by atoms with van der Waals surface area (Å²) in [6, 6.07) is 6.81. The van der Waals surface area contributed by atoms with Gasteiger partial charge in [-0.25, -0.2) is 0 Å². The minimum atomic E-state index is -0.643. The van der Waals surface area contributed by atoms with Crippen molar-refractivity contribution in [2.24, 2.45) is 17.2 Å². The van der Waals surface area contributed by atoms with E-state index >= 15 is 0 Å². The first-order valence-corrected chi connectivity index (χ1v) is 8.28. The summed E-state index contributed by atoms with van der Waals surface area (Å²) in [5, 5.41) is 2.87. The van der Waals surface area contributed by atoms with Crippen LogP contribution in [0, 0.1) is 0 Å². The molecule has 0 aliphatic rings. The first kappa shape index (κ1) is 17.8. The fourth-order valence-electron chi connectivity index (χ4n) is 1.39. The van der Waals surface area contributed by atoms with Gasteiger partial charge in [0, 0.05) is 21.3 Å². The summed E-state index contributed by atoms with van der Waals surface area (Å²) < 4.78 is 0. The van der Waals surface area contributed by atoms with Crippen LogP contribution < -0.4 is 22.5 Å². The number of likely N-dealkylation sites (N-methyl/N-ethyl adjacent to an activating group) is 1. The highest BCUT2D eigenvalue weighted by Crippen LogP contribution is 2.24. The minimum absolute atomic E-state index is 0.349. The van der Waals surface area contributed by atoms with Gasteiger partial charge in [-0.1, -0.05) is 0 Å². The summed E-state index contributed by atoms with van der Waals surface area (Å²) >= 11 is 3.03. The molecule has 6 nitrogen and oxygen atoms in total. The molecule has 7 N–H and O–H groups in total. The Morgan fingerprint density at radius 2 is 1.52 bits per heavy atom. The molecule has 21 heavy (non-hydrogen) atoms. The fourth-order valence-corrected chi connectivity index (χ4v) is 3.27. The molecular formula is C13H20N4O2S2. The maximum Gasteiger partial charge on any atom is 0.235 e. The highest BCUT2D eigenvalue weighted by atomic mass is 32.2. The van der Waals surface area contributed by atoms with Crippen LogP contribution in [0.1, 0.15) is 0 Å². The molecule has 2 amide bonds. The number of thioether (sulfide) groups is 2. The summed E-state index contributed by atoms with van der Waals surface area (Å²) in [6.07, 6.45) is 0. The van der Waals surface area contributed by atoms with Gasteiger partial charge < -0.3 is 22.5 Å². The highest BCUT2D eigenvalue weighted by molar-refractivity contribution is 7.99. The van der Waals surface area contributed by atoms with Gasteiger partial charge in [0.1, 0.15) is 0 Å². The van der Waals surface area contributed by atoms with E-state index in [2.05, 4.69) is 5.32 Å². The Morgan fingerprint density at radius 1 is 1.05 bits per heavy atom. The number of nitrogens with two attached hydrogens (primary N) is 3. The van der Waals surface area contributed by atoms with E-state index in [1.807, 2.05) is 24.3 Å². The lowest BCUT2D eigenvalue weighted by molar-refractivity contribution is -0.119. The van der Waals surface area contributed by atoms with Crippen LogP contribution in [0.2, 0.25) is 0 Å². The van der Waals surface area contributed by atoms with E-state index in [0.29, 0.717) is 11.5 Å². The third kappa shape index (κ3) is 6.38. The number of benzene rings is 1. The number of carbonyl (C=O) groups excluding carboxylic acids is 2. The second kappa shape index (κ2) is 8.93. The number of primary amides is 2. The van der Waals surface area contributed by atoms with Gasteiger partial charge in [0.15, 0.2) is 0 Å². The van der Waals surface area contributed by atoms with E-state index in [0.717, 1.165) is 9.79 Å². The minimum Gasteiger partial charge on any atom is -0.368 e. The molecule has 0 aromatic heterocycles. The number of nitrogens with one attached hydrogen (secondary N) is 1. The van der Waals surface area contributed by atoms with Crippen molar-refractivity contribution in [2.45, 2.75) is 21.9 Å².